The first-order valence-electron chi connectivity index (χ1n) is 13.0. The molecule has 12 nitrogen and oxygen atoms in total. The van der Waals surface area contributed by atoms with Crippen molar-refractivity contribution in [2.24, 2.45) is 0 Å². The van der Waals surface area contributed by atoms with Gasteiger partial charge in [-0.3, -0.25) is 14.6 Å². The van der Waals surface area contributed by atoms with E-state index in [1.807, 2.05) is 56.4 Å². The first-order chi connectivity index (χ1) is 19.6. The first kappa shape index (κ1) is 29.2. The lowest BCUT2D eigenvalue weighted by Crippen LogP contribution is -2.45. The van der Waals surface area contributed by atoms with Crippen molar-refractivity contribution in [3.05, 3.63) is 60.8 Å². The Kier molecular flexibility index (Phi) is 8.93. The fraction of sp³-hybridized carbons (Fsp3) is 0.310. The Balaban J connectivity index is 1.64. The van der Waals surface area contributed by atoms with E-state index in [1.54, 1.807) is 38.4 Å². The van der Waals surface area contributed by atoms with Gasteiger partial charge in [-0.25, -0.2) is 9.78 Å². The molecule has 2 heterocycles. The van der Waals surface area contributed by atoms with E-state index in [-0.39, 0.29) is 17.9 Å². The van der Waals surface area contributed by atoms with E-state index in [0.717, 1.165) is 30.0 Å². The van der Waals surface area contributed by atoms with E-state index in [2.05, 4.69) is 32.1 Å². The normalized spacial score (nSPS) is 12.6. The van der Waals surface area contributed by atoms with Crippen molar-refractivity contribution >= 4 is 46.5 Å². The number of aromatic nitrogens is 2. The van der Waals surface area contributed by atoms with Crippen LogP contribution in [-0.4, -0.2) is 82.3 Å². The number of methoxy groups -OCH3 is 2. The molecule has 2 aromatic carbocycles. The molecule has 0 bridgehead atoms. The molecule has 2 N–H and O–H groups in total. The summed E-state index contributed by atoms with van der Waals surface area (Å²) in [5.41, 5.74) is 3.42. The summed E-state index contributed by atoms with van der Waals surface area (Å²) in [6.07, 6.45) is 2.91. The molecule has 0 saturated heterocycles. The lowest BCUT2D eigenvalue weighted by Gasteiger charge is -2.34. The highest BCUT2D eigenvalue weighted by atomic mass is 16.5. The van der Waals surface area contributed by atoms with Gasteiger partial charge in [0.2, 0.25) is 11.9 Å². The van der Waals surface area contributed by atoms with Crippen LogP contribution in [0.5, 0.6) is 11.5 Å². The zero-order valence-electron chi connectivity index (χ0n) is 24.3. The number of anilines is 6. The molecule has 0 radical (unpaired) electrons. The van der Waals surface area contributed by atoms with Crippen molar-refractivity contribution in [3.8, 4) is 11.5 Å². The molecule has 1 aliphatic heterocycles. The van der Waals surface area contributed by atoms with Crippen LogP contribution in [-0.2, 0) is 11.3 Å². The van der Waals surface area contributed by atoms with E-state index >= 15 is 0 Å². The van der Waals surface area contributed by atoms with Crippen LogP contribution in [0.2, 0.25) is 0 Å². The summed E-state index contributed by atoms with van der Waals surface area (Å²) < 4.78 is 10.9. The summed E-state index contributed by atoms with van der Waals surface area (Å²) >= 11 is 0. The topological polar surface area (TPSA) is 115 Å². The molecule has 12 heteroatoms. The van der Waals surface area contributed by atoms with Gasteiger partial charge in [-0.05, 0) is 50.5 Å². The number of rotatable bonds is 11. The number of hydrogen-bond acceptors (Lipinski definition) is 9. The minimum Gasteiger partial charge on any atom is -0.497 e. The first-order valence-corrected chi connectivity index (χ1v) is 13.0. The van der Waals surface area contributed by atoms with Gasteiger partial charge in [-0.15, -0.1) is 0 Å². The van der Waals surface area contributed by atoms with Crippen LogP contribution in [0.15, 0.2) is 55.3 Å². The number of hydrogen-bond donors (Lipinski definition) is 2. The fourth-order valence-electron chi connectivity index (χ4n) is 4.36. The highest BCUT2D eigenvalue weighted by Gasteiger charge is 2.31. The number of urea groups is 1. The summed E-state index contributed by atoms with van der Waals surface area (Å²) in [7, 11) is 10.8. The minimum atomic E-state index is -0.338. The number of fused-ring (bicyclic) bond motifs is 1. The molecule has 4 rings (SSSR count). The van der Waals surface area contributed by atoms with Crippen molar-refractivity contribution < 1.29 is 19.1 Å². The Hall–Kier alpha value is -4.84. The molecule has 0 saturated carbocycles. The van der Waals surface area contributed by atoms with Crippen molar-refractivity contribution in [2.45, 2.75) is 6.54 Å². The van der Waals surface area contributed by atoms with E-state index in [1.165, 1.54) is 11.0 Å². The maximum atomic E-state index is 13.2. The van der Waals surface area contributed by atoms with Crippen LogP contribution in [0, 0.1) is 0 Å². The van der Waals surface area contributed by atoms with Crippen molar-refractivity contribution in [2.75, 3.05) is 80.8 Å². The molecule has 0 aliphatic carbocycles. The van der Waals surface area contributed by atoms with Gasteiger partial charge in [0.05, 0.1) is 37.8 Å². The van der Waals surface area contributed by atoms with E-state index in [4.69, 9.17) is 9.47 Å². The summed E-state index contributed by atoms with van der Waals surface area (Å²) in [4.78, 5) is 41.9. The lowest BCUT2D eigenvalue weighted by atomic mass is 10.2. The molecule has 41 heavy (non-hydrogen) atoms. The molecular weight excluding hydrogens is 524 g/mol. The van der Waals surface area contributed by atoms with Crippen LogP contribution >= 0.6 is 0 Å². The van der Waals surface area contributed by atoms with Crippen molar-refractivity contribution in [1.29, 1.82) is 0 Å². The summed E-state index contributed by atoms with van der Waals surface area (Å²) in [6.45, 7) is 5.43. The van der Waals surface area contributed by atoms with E-state index in [0.29, 0.717) is 35.2 Å². The van der Waals surface area contributed by atoms with E-state index < -0.39 is 0 Å². The number of nitrogens with one attached hydrogen (secondary N) is 2. The lowest BCUT2D eigenvalue weighted by molar-refractivity contribution is -0.111. The van der Waals surface area contributed by atoms with Crippen LogP contribution in [0.3, 0.4) is 0 Å². The van der Waals surface area contributed by atoms with Gasteiger partial charge < -0.3 is 29.9 Å². The van der Waals surface area contributed by atoms with Crippen molar-refractivity contribution in [3.63, 3.8) is 0 Å². The molecule has 1 aromatic heterocycles. The van der Waals surface area contributed by atoms with Crippen LogP contribution in [0.1, 0.15) is 5.56 Å². The van der Waals surface area contributed by atoms with Gasteiger partial charge in [-0.1, -0.05) is 6.58 Å². The molecule has 216 valence electrons. The average Bonchev–Trinajstić information content (AvgIpc) is 2.98. The smallest absolute Gasteiger partial charge is 0.330 e. The number of ether oxygens (including phenoxy) is 2. The molecule has 0 atom stereocenters. The minimum absolute atomic E-state index is 0.218. The molecule has 0 spiro atoms. The summed E-state index contributed by atoms with van der Waals surface area (Å²) in [6, 6.07) is 10.7. The Morgan fingerprint density at radius 2 is 1.83 bits per heavy atom. The van der Waals surface area contributed by atoms with Gasteiger partial charge in [0.15, 0.2) is 0 Å². The molecule has 0 unspecified atom stereocenters. The highest BCUT2D eigenvalue weighted by Crippen LogP contribution is 2.38. The Morgan fingerprint density at radius 1 is 1.10 bits per heavy atom. The quantitative estimate of drug-likeness (QED) is 0.337. The second-order valence-corrected chi connectivity index (χ2v) is 9.78. The van der Waals surface area contributed by atoms with Crippen LogP contribution in [0.25, 0.3) is 0 Å². The third-order valence-corrected chi connectivity index (χ3v) is 6.69. The number of amides is 3. The molecule has 0 fully saturated rings. The number of carbonyl (C=O) groups is 2. The zero-order valence-corrected chi connectivity index (χ0v) is 24.3. The van der Waals surface area contributed by atoms with Gasteiger partial charge in [-0.2, -0.15) is 4.98 Å². The largest absolute Gasteiger partial charge is 0.497 e. The fourth-order valence-corrected chi connectivity index (χ4v) is 4.36. The SMILES string of the molecule is C=CC(=O)Nc1cc(Nc2ncc3c(n2)N(C)C(=O)N(c2ccc(OC)cc2)C3)c(OC)cc1N(C)CCN(C)C. The number of likely N-dealkylation sites (N-methyl/N-ethyl adjacent to an activating group) is 2. The Labute approximate surface area is 240 Å². The van der Waals surface area contributed by atoms with Crippen LogP contribution < -0.4 is 34.8 Å². The molecule has 3 aromatic rings. The number of nitrogens with zero attached hydrogens (tertiary/aromatic N) is 6. The maximum Gasteiger partial charge on any atom is 0.330 e. The van der Waals surface area contributed by atoms with Gasteiger partial charge >= 0.3 is 6.03 Å². The van der Waals surface area contributed by atoms with Crippen molar-refractivity contribution in [1.82, 2.24) is 14.9 Å². The molecule has 3 amide bonds. The zero-order chi connectivity index (χ0) is 29.7. The third-order valence-electron chi connectivity index (χ3n) is 6.69. The maximum absolute atomic E-state index is 13.2. The number of benzene rings is 2. The van der Waals surface area contributed by atoms with Crippen LogP contribution in [0.4, 0.5) is 39.3 Å². The number of carbonyl (C=O) groups excluding carboxylic acids is 2. The van der Waals surface area contributed by atoms with E-state index in [9.17, 15) is 9.59 Å². The second kappa shape index (κ2) is 12.6. The predicted octanol–water partition coefficient (Wildman–Crippen LogP) is 3.94. The average molecular weight is 561 g/mol. The summed E-state index contributed by atoms with van der Waals surface area (Å²) in [5, 5.41) is 6.08. The van der Waals surface area contributed by atoms with Gasteiger partial charge in [0.25, 0.3) is 0 Å². The second-order valence-electron chi connectivity index (χ2n) is 9.78. The third kappa shape index (κ3) is 6.49. The standard InChI is InChI=1S/C29H36N8O4/c1-8-26(38)31-22-15-23(25(41-7)16-24(22)35(4)14-13-34(2)3)32-28-30-17-19-18-37(29(39)36(5)27(19)33-28)20-9-11-21(40-6)12-10-20/h8-12,15-17H,1,13-14,18H2,2-7H3,(H,31,38)(H,30,32,33). The molecule has 1 aliphatic rings. The monoisotopic (exact) mass is 560 g/mol. The molecular formula is C29H36N8O4. The Bertz CT molecular complexity index is 1430. The van der Waals surface area contributed by atoms with Gasteiger partial charge in [0.1, 0.15) is 17.3 Å². The predicted molar refractivity (Wildman–Crippen MR) is 162 cm³/mol. The summed E-state index contributed by atoms with van der Waals surface area (Å²) in [5.74, 6) is 1.67. The highest BCUT2D eigenvalue weighted by molar-refractivity contribution is 6.05. The Morgan fingerprint density at radius 3 is 2.46 bits per heavy atom. The van der Waals surface area contributed by atoms with Gasteiger partial charge in [0, 0.05) is 50.7 Å².